The second-order valence-electron chi connectivity index (χ2n) is 8.69. The average Bonchev–Trinajstić information content (AvgIpc) is 3.48. The fraction of sp³-hybridized carbons (Fsp3) is 0.308. The number of fused-ring (bicyclic) bond motifs is 4. The van der Waals surface area contributed by atoms with Crippen LogP contribution in [0.25, 0.3) is 16.7 Å². The molecule has 0 fully saturated rings. The number of nitrogens with one attached hydrogen (secondary N) is 1. The van der Waals surface area contributed by atoms with E-state index in [1.165, 1.54) is 5.69 Å². The summed E-state index contributed by atoms with van der Waals surface area (Å²) in [6.45, 7) is 5.82. The molecule has 1 aliphatic rings. The molecule has 1 aliphatic heterocycles. The van der Waals surface area contributed by atoms with Crippen LogP contribution >= 0.6 is 0 Å². The third-order valence-electron chi connectivity index (χ3n) is 6.64. The van der Waals surface area contributed by atoms with Gasteiger partial charge in [-0.05, 0) is 56.7 Å². The van der Waals surface area contributed by atoms with Gasteiger partial charge in [-0.15, -0.1) is 0 Å². The molecule has 33 heavy (non-hydrogen) atoms. The van der Waals surface area contributed by atoms with Crippen molar-refractivity contribution in [2.24, 2.45) is 0 Å². The number of amides is 1. The van der Waals surface area contributed by atoms with Crippen LogP contribution < -0.4 is 10.1 Å². The highest BCUT2D eigenvalue weighted by Crippen LogP contribution is 2.40. The number of para-hydroxylation sites is 2. The van der Waals surface area contributed by atoms with Gasteiger partial charge in [-0.25, -0.2) is 4.98 Å². The number of hydrogen-bond acceptors (Lipinski definition) is 4. The number of carbonyl (C=O) groups is 1. The number of aromatic nitrogens is 3. The lowest BCUT2D eigenvalue weighted by molar-refractivity contribution is -0.131. The van der Waals surface area contributed by atoms with Crippen molar-refractivity contribution in [3.63, 3.8) is 0 Å². The maximum Gasteiger partial charge on any atom is 0.242 e. The Balaban J connectivity index is 1.34. The first kappa shape index (κ1) is 21.1. The molecule has 2 aromatic carbocycles. The van der Waals surface area contributed by atoms with Gasteiger partial charge in [0, 0.05) is 31.0 Å². The Morgan fingerprint density at radius 3 is 2.85 bits per heavy atom. The molecule has 7 heteroatoms. The van der Waals surface area contributed by atoms with Gasteiger partial charge >= 0.3 is 0 Å². The van der Waals surface area contributed by atoms with Crippen molar-refractivity contribution in [1.82, 2.24) is 19.0 Å². The summed E-state index contributed by atoms with van der Waals surface area (Å²) < 4.78 is 9.58. The van der Waals surface area contributed by atoms with E-state index in [0.717, 1.165) is 34.6 Å². The van der Waals surface area contributed by atoms with E-state index in [-0.39, 0.29) is 18.0 Å². The zero-order valence-corrected chi connectivity index (χ0v) is 19.3. The molecule has 170 valence electrons. The molecule has 1 N–H and O–H groups in total. The molecule has 3 heterocycles. The highest BCUT2D eigenvalue weighted by Gasteiger charge is 2.35. The average molecular weight is 444 g/mol. The predicted molar refractivity (Wildman–Crippen MR) is 130 cm³/mol. The maximum absolute atomic E-state index is 13.2. The van der Waals surface area contributed by atoms with E-state index in [0.29, 0.717) is 13.1 Å². The summed E-state index contributed by atoms with van der Waals surface area (Å²) in [5.74, 6) is 0.912. The molecule has 0 radical (unpaired) electrons. The van der Waals surface area contributed by atoms with Gasteiger partial charge in [0.25, 0.3) is 0 Å². The minimum Gasteiger partial charge on any atom is -0.497 e. The maximum atomic E-state index is 13.2. The molecule has 2 aromatic heterocycles. The Bertz CT molecular complexity index is 1310. The monoisotopic (exact) mass is 443 g/mol. The van der Waals surface area contributed by atoms with Gasteiger partial charge in [-0.1, -0.05) is 12.1 Å². The molecule has 1 amide bonds. The molecule has 7 nitrogen and oxygen atoms in total. The van der Waals surface area contributed by atoms with Crippen molar-refractivity contribution >= 4 is 22.6 Å². The lowest BCUT2D eigenvalue weighted by atomic mass is 9.90. The van der Waals surface area contributed by atoms with E-state index >= 15 is 0 Å². The number of methoxy groups -OCH3 is 1. The van der Waals surface area contributed by atoms with Gasteiger partial charge in [0.1, 0.15) is 12.3 Å². The van der Waals surface area contributed by atoms with E-state index < -0.39 is 0 Å². The number of ether oxygens (including phenoxy) is 1. The largest absolute Gasteiger partial charge is 0.497 e. The molecular weight excluding hydrogens is 414 g/mol. The standard InChI is InChI=1S/C26H29N5O2/c1-4-29(25(32)17-30-18-27-20-8-5-6-9-22(20)30)15-13-26(2)24-10-7-14-31(24)23-12-11-19(33-3)16-21(23)28-26/h5-12,14,16,18,28H,4,13,15,17H2,1-3H3. The minimum atomic E-state index is -0.321. The van der Waals surface area contributed by atoms with Gasteiger partial charge in [-0.2, -0.15) is 0 Å². The summed E-state index contributed by atoms with van der Waals surface area (Å²) in [4.78, 5) is 19.5. The summed E-state index contributed by atoms with van der Waals surface area (Å²) in [5.41, 5.74) is 4.87. The van der Waals surface area contributed by atoms with Crippen LogP contribution in [0.5, 0.6) is 5.75 Å². The Kier molecular flexibility index (Phi) is 5.32. The number of carbonyl (C=O) groups excluding carboxylic acids is 1. The predicted octanol–water partition coefficient (Wildman–Crippen LogP) is 4.42. The highest BCUT2D eigenvalue weighted by molar-refractivity contribution is 5.80. The van der Waals surface area contributed by atoms with E-state index in [9.17, 15) is 4.79 Å². The smallest absolute Gasteiger partial charge is 0.242 e. The van der Waals surface area contributed by atoms with Crippen LogP contribution in [0.4, 0.5) is 5.69 Å². The normalized spacial score (nSPS) is 16.7. The third-order valence-corrected chi connectivity index (χ3v) is 6.64. The third kappa shape index (κ3) is 3.73. The van der Waals surface area contributed by atoms with Gasteiger partial charge in [-0.3, -0.25) is 4.79 Å². The summed E-state index contributed by atoms with van der Waals surface area (Å²) >= 11 is 0. The Labute approximate surface area is 193 Å². The number of imidazole rings is 1. The van der Waals surface area contributed by atoms with Gasteiger partial charge in [0.05, 0.1) is 41.4 Å². The molecule has 0 spiro atoms. The number of hydrogen-bond donors (Lipinski definition) is 1. The zero-order valence-electron chi connectivity index (χ0n) is 19.3. The van der Waals surface area contributed by atoms with E-state index in [2.05, 4.69) is 46.2 Å². The number of likely N-dealkylation sites (N-methyl/N-ethyl adjacent to an activating group) is 1. The summed E-state index contributed by atoms with van der Waals surface area (Å²) in [6.07, 6.45) is 4.61. The van der Waals surface area contributed by atoms with Crippen LogP contribution in [0.3, 0.4) is 0 Å². The number of benzene rings is 2. The summed E-state index contributed by atoms with van der Waals surface area (Å²) in [5, 5.41) is 3.72. The second-order valence-corrected chi connectivity index (χ2v) is 8.69. The fourth-order valence-corrected chi connectivity index (χ4v) is 4.74. The number of rotatable bonds is 7. The molecule has 1 unspecified atom stereocenters. The van der Waals surface area contributed by atoms with Gasteiger partial charge in [0.2, 0.25) is 5.91 Å². The van der Waals surface area contributed by atoms with Crippen LogP contribution in [-0.2, 0) is 16.9 Å². The van der Waals surface area contributed by atoms with Crippen LogP contribution in [0, 0.1) is 0 Å². The second kappa shape index (κ2) is 8.31. The first-order valence-corrected chi connectivity index (χ1v) is 11.3. The van der Waals surface area contributed by atoms with Crippen molar-refractivity contribution < 1.29 is 9.53 Å². The lowest BCUT2D eigenvalue weighted by Gasteiger charge is -2.39. The van der Waals surface area contributed by atoms with Crippen LogP contribution in [0.1, 0.15) is 26.0 Å². The molecule has 0 bridgehead atoms. The Morgan fingerprint density at radius 1 is 1.18 bits per heavy atom. The molecule has 5 rings (SSSR count). The topological polar surface area (TPSA) is 64.3 Å². The Morgan fingerprint density at radius 2 is 2.03 bits per heavy atom. The molecule has 4 aromatic rings. The zero-order chi connectivity index (χ0) is 23.0. The van der Waals surface area contributed by atoms with Gasteiger partial charge in [0.15, 0.2) is 0 Å². The number of anilines is 1. The molecule has 1 atom stereocenters. The molecule has 0 saturated heterocycles. The van der Waals surface area contributed by atoms with Gasteiger partial charge < -0.3 is 24.1 Å². The Hall–Kier alpha value is -3.74. The van der Waals surface area contributed by atoms with Crippen LogP contribution in [-0.4, -0.2) is 45.1 Å². The van der Waals surface area contributed by atoms with Crippen molar-refractivity contribution in [2.45, 2.75) is 32.4 Å². The van der Waals surface area contributed by atoms with Crippen molar-refractivity contribution in [3.8, 4) is 11.4 Å². The van der Waals surface area contributed by atoms with Crippen molar-refractivity contribution in [2.75, 3.05) is 25.5 Å². The van der Waals surface area contributed by atoms with Crippen molar-refractivity contribution in [1.29, 1.82) is 0 Å². The molecule has 0 saturated carbocycles. The molecule has 0 aliphatic carbocycles. The number of nitrogens with zero attached hydrogens (tertiary/aromatic N) is 4. The fourth-order valence-electron chi connectivity index (χ4n) is 4.74. The SMILES string of the molecule is CCN(CCC1(C)Nc2cc(OC)ccc2-n2cccc21)C(=O)Cn1cnc2ccccc21. The van der Waals surface area contributed by atoms with Crippen LogP contribution in [0.2, 0.25) is 0 Å². The summed E-state index contributed by atoms with van der Waals surface area (Å²) in [7, 11) is 1.68. The van der Waals surface area contributed by atoms with Crippen LogP contribution in [0.15, 0.2) is 67.1 Å². The van der Waals surface area contributed by atoms with Crippen molar-refractivity contribution in [3.05, 3.63) is 72.8 Å². The summed E-state index contributed by atoms with van der Waals surface area (Å²) in [6, 6.07) is 18.2. The first-order valence-electron chi connectivity index (χ1n) is 11.3. The van der Waals surface area contributed by atoms with E-state index in [1.807, 2.05) is 52.8 Å². The van der Waals surface area contributed by atoms with E-state index in [4.69, 9.17) is 4.74 Å². The minimum absolute atomic E-state index is 0.0949. The highest BCUT2D eigenvalue weighted by atomic mass is 16.5. The van der Waals surface area contributed by atoms with E-state index in [1.54, 1.807) is 13.4 Å². The lowest BCUT2D eigenvalue weighted by Crippen LogP contribution is -2.43. The first-order chi connectivity index (χ1) is 16.0. The molecular formula is C26H29N5O2. The quantitative estimate of drug-likeness (QED) is 0.459.